The summed E-state index contributed by atoms with van der Waals surface area (Å²) in [6.07, 6.45) is 4.21. The molecule has 0 radical (unpaired) electrons. The average molecular weight is 246 g/mol. The van der Waals surface area contributed by atoms with Crippen LogP contribution in [-0.2, 0) is 6.54 Å². The van der Waals surface area contributed by atoms with Gasteiger partial charge in [-0.3, -0.25) is 10.00 Å². The van der Waals surface area contributed by atoms with Gasteiger partial charge in [0.05, 0.1) is 6.54 Å². The molecule has 16 heavy (non-hydrogen) atoms. The van der Waals surface area contributed by atoms with E-state index < -0.39 is 0 Å². The highest BCUT2D eigenvalue weighted by atomic mass is 35.5. The molecule has 2 heterocycles. The third-order valence-electron chi connectivity index (χ3n) is 2.85. The average Bonchev–Trinajstić information content (AvgIpc) is 2.71. The zero-order valence-corrected chi connectivity index (χ0v) is 10.5. The normalized spacial score (nSPS) is 20.8. The molecule has 1 saturated heterocycles. The summed E-state index contributed by atoms with van der Waals surface area (Å²) < 4.78 is 0. The van der Waals surface area contributed by atoms with E-state index in [1.807, 2.05) is 0 Å². The molecule has 0 spiro atoms. The summed E-state index contributed by atoms with van der Waals surface area (Å²) in [5.74, 6) is 1.73. The molecule has 2 rings (SSSR count). The van der Waals surface area contributed by atoms with Gasteiger partial charge in [-0.15, -0.1) is 12.4 Å². The molecule has 2 N–H and O–H groups in total. The topological polar surface area (TPSA) is 56.8 Å². The van der Waals surface area contributed by atoms with Crippen LogP contribution in [-0.4, -0.2) is 46.8 Å². The second kappa shape index (κ2) is 6.83. The quantitative estimate of drug-likeness (QED) is 0.818. The van der Waals surface area contributed by atoms with E-state index in [0.29, 0.717) is 0 Å². The van der Waals surface area contributed by atoms with Crippen molar-refractivity contribution in [1.29, 1.82) is 0 Å². The van der Waals surface area contributed by atoms with Gasteiger partial charge in [-0.25, -0.2) is 4.98 Å². The highest BCUT2D eigenvalue weighted by Crippen LogP contribution is 2.11. The van der Waals surface area contributed by atoms with Gasteiger partial charge in [-0.2, -0.15) is 5.10 Å². The van der Waals surface area contributed by atoms with E-state index in [0.717, 1.165) is 31.4 Å². The van der Waals surface area contributed by atoms with Gasteiger partial charge in [0.15, 0.2) is 0 Å². The predicted octanol–water partition coefficient (Wildman–Crippen LogP) is 0.658. The van der Waals surface area contributed by atoms with Crippen molar-refractivity contribution >= 4 is 12.4 Å². The highest BCUT2D eigenvalue weighted by molar-refractivity contribution is 5.85. The zero-order chi connectivity index (χ0) is 10.5. The Balaban J connectivity index is 0.00000128. The lowest BCUT2D eigenvalue weighted by atomic mass is 9.99. The maximum atomic E-state index is 4.13. The number of aromatic nitrogens is 3. The first-order chi connectivity index (χ1) is 7.34. The van der Waals surface area contributed by atoms with Crippen LogP contribution in [0.15, 0.2) is 6.33 Å². The van der Waals surface area contributed by atoms with Gasteiger partial charge in [0, 0.05) is 6.54 Å². The molecule has 1 fully saturated rings. The molecular weight excluding hydrogens is 226 g/mol. The first kappa shape index (κ1) is 13.4. The summed E-state index contributed by atoms with van der Waals surface area (Å²) in [7, 11) is 2.14. The molecular formula is C10H20ClN5. The Morgan fingerprint density at radius 1 is 1.56 bits per heavy atom. The molecule has 1 aliphatic heterocycles. The molecule has 0 bridgehead atoms. The summed E-state index contributed by atoms with van der Waals surface area (Å²) >= 11 is 0. The highest BCUT2D eigenvalue weighted by Gasteiger charge is 2.15. The second-order valence-corrected chi connectivity index (χ2v) is 4.34. The SMILES string of the molecule is CN(Cc1ncn[nH]1)CC1CCCNC1.Cl. The van der Waals surface area contributed by atoms with E-state index in [9.17, 15) is 0 Å². The Labute approximate surface area is 102 Å². The number of nitrogens with zero attached hydrogens (tertiary/aromatic N) is 3. The Morgan fingerprint density at radius 2 is 2.44 bits per heavy atom. The van der Waals surface area contributed by atoms with Gasteiger partial charge in [0.1, 0.15) is 12.2 Å². The van der Waals surface area contributed by atoms with Gasteiger partial charge in [0.25, 0.3) is 0 Å². The monoisotopic (exact) mass is 245 g/mol. The van der Waals surface area contributed by atoms with Crippen LogP contribution in [0.5, 0.6) is 0 Å². The predicted molar refractivity (Wildman–Crippen MR) is 65.6 cm³/mol. The number of hydrogen-bond acceptors (Lipinski definition) is 4. The van der Waals surface area contributed by atoms with Crippen molar-refractivity contribution in [2.45, 2.75) is 19.4 Å². The largest absolute Gasteiger partial charge is 0.316 e. The first-order valence-electron chi connectivity index (χ1n) is 5.58. The van der Waals surface area contributed by atoms with Gasteiger partial charge in [-0.1, -0.05) is 0 Å². The molecule has 0 aliphatic carbocycles. The Bertz CT molecular complexity index is 271. The fourth-order valence-corrected chi connectivity index (χ4v) is 2.15. The molecule has 5 nitrogen and oxygen atoms in total. The van der Waals surface area contributed by atoms with Crippen molar-refractivity contribution in [1.82, 2.24) is 25.4 Å². The molecule has 0 saturated carbocycles. The minimum atomic E-state index is 0. The zero-order valence-electron chi connectivity index (χ0n) is 9.65. The minimum Gasteiger partial charge on any atom is -0.316 e. The van der Waals surface area contributed by atoms with Crippen LogP contribution in [0.1, 0.15) is 18.7 Å². The maximum Gasteiger partial charge on any atom is 0.138 e. The van der Waals surface area contributed by atoms with E-state index in [2.05, 4.69) is 32.4 Å². The van der Waals surface area contributed by atoms with E-state index in [1.54, 1.807) is 6.33 Å². The van der Waals surface area contributed by atoms with Crippen molar-refractivity contribution in [2.75, 3.05) is 26.7 Å². The van der Waals surface area contributed by atoms with E-state index in [4.69, 9.17) is 0 Å². The van der Waals surface area contributed by atoms with Crippen molar-refractivity contribution in [3.63, 3.8) is 0 Å². The van der Waals surface area contributed by atoms with E-state index >= 15 is 0 Å². The molecule has 92 valence electrons. The lowest BCUT2D eigenvalue weighted by molar-refractivity contribution is 0.234. The third kappa shape index (κ3) is 4.08. The number of hydrogen-bond donors (Lipinski definition) is 2. The number of rotatable bonds is 4. The smallest absolute Gasteiger partial charge is 0.138 e. The number of piperidine rings is 1. The van der Waals surface area contributed by atoms with Crippen LogP contribution in [0, 0.1) is 5.92 Å². The standard InChI is InChI=1S/C10H19N5.ClH/c1-15(7-10-12-8-13-14-10)6-9-3-2-4-11-5-9;/h8-9,11H,2-7H2,1H3,(H,12,13,14);1H. The molecule has 1 unspecified atom stereocenters. The lowest BCUT2D eigenvalue weighted by Gasteiger charge is -2.27. The minimum absolute atomic E-state index is 0. The maximum absolute atomic E-state index is 4.13. The number of aromatic amines is 1. The molecule has 6 heteroatoms. The molecule has 0 aromatic carbocycles. The summed E-state index contributed by atoms with van der Waals surface area (Å²) in [5.41, 5.74) is 0. The number of H-pyrrole nitrogens is 1. The molecule has 1 aliphatic rings. The first-order valence-corrected chi connectivity index (χ1v) is 5.58. The fourth-order valence-electron chi connectivity index (χ4n) is 2.15. The van der Waals surface area contributed by atoms with Crippen molar-refractivity contribution in [3.8, 4) is 0 Å². The summed E-state index contributed by atoms with van der Waals surface area (Å²) in [6, 6.07) is 0. The summed E-state index contributed by atoms with van der Waals surface area (Å²) in [5, 5.41) is 10.2. The second-order valence-electron chi connectivity index (χ2n) is 4.34. The van der Waals surface area contributed by atoms with Crippen LogP contribution in [0.3, 0.4) is 0 Å². The van der Waals surface area contributed by atoms with Crippen LogP contribution >= 0.6 is 12.4 Å². The van der Waals surface area contributed by atoms with Crippen LogP contribution in [0.4, 0.5) is 0 Å². The summed E-state index contributed by atoms with van der Waals surface area (Å²) in [6.45, 7) is 4.33. The van der Waals surface area contributed by atoms with Crippen molar-refractivity contribution in [3.05, 3.63) is 12.2 Å². The van der Waals surface area contributed by atoms with E-state index in [-0.39, 0.29) is 12.4 Å². The Hall–Kier alpha value is -0.650. The Morgan fingerprint density at radius 3 is 3.06 bits per heavy atom. The molecule has 1 aromatic rings. The van der Waals surface area contributed by atoms with Gasteiger partial charge >= 0.3 is 0 Å². The van der Waals surface area contributed by atoms with Gasteiger partial charge in [0.2, 0.25) is 0 Å². The van der Waals surface area contributed by atoms with Crippen LogP contribution in [0.2, 0.25) is 0 Å². The Kier molecular flexibility index (Phi) is 5.73. The number of nitrogens with one attached hydrogen (secondary N) is 2. The summed E-state index contributed by atoms with van der Waals surface area (Å²) in [4.78, 5) is 6.43. The molecule has 0 amide bonds. The third-order valence-corrected chi connectivity index (χ3v) is 2.85. The van der Waals surface area contributed by atoms with Crippen LogP contribution < -0.4 is 5.32 Å². The number of halogens is 1. The van der Waals surface area contributed by atoms with Crippen molar-refractivity contribution in [2.24, 2.45) is 5.92 Å². The van der Waals surface area contributed by atoms with E-state index in [1.165, 1.54) is 19.4 Å². The molecule has 1 atom stereocenters. The molecule has 1 aromatic heterocycles. The van der Waals surface area contributed by atoms with Gasteiger partial charge < -0.3 is 5.32 Å². The fraction of sp³-hybridized carbons (Fsp3) is 0.800. The van der Waals surface area contributed by atoms with Gasteiger partial charge in [-0.05, 0) is 38.9 Å². The van der Waals surface area contributed by atoms with Crippen LogP contribution in [0.25, 0.3) is 0 Å². The lowest BCUT2D eigenvalue weighted by Crippen LogP contribution is -2.36. The van der Waals surface area contributed by atoms with Crippen molar-refractivity contribution < 1.29 is 0 Å².